The van der Waals surface area contributed by atoms with Gasteiger partial charge in [0.2, 0.25) is 0 Å². The van der Waals surface area contributed by atoms with Crippen molar-refractivity contribution in [3.8, 4) is 0 Å². The first-order valence-electron chi connectivity index (χ1n) is 3.86. The summed E-state index contributed by atoms with van der Waals surface area (Å²) in [4.78, 5) is 10.6. The lowest BCUT2D eigenvalue weighted by Crippen LogP contribution is -2.47. The van der Waals surface area contributed by atoms with Crippen molar-refractivity contribution >= 4 is 6.29 Å². The van der Waals surface area contributed by atoms with Crippen LogP contribution in [0, 0.1) is 5.41 Å². The molecule has 0 aromatic rings. The van der Waals surface area contributed by atoms with Crippen LogP contribution in [0.2, 0.25) is 0 Å². The zero-order chi connectivity index (χ0) is 8.48. The zero-order valence-electron chi connectivity index (χ0n) is 6.91. The smallest absolute Gasteiger partial charge is 0.128 e. The molecule has 0 radical (unpaired) electrons. The summed E-state index contributed by atoms with van der Waals surface area (Å²) < 4.78 is 5.18. The van der Waals surface area contributed by atoms with Crippen LogP contribution < -0.4 is 0 Å². The second-order valence-electron chi connectivity index (χ2n) is 3.39. The molecule has 64 valence electrons. The minimum atomic E-state index is -0.659. The fraction of sp³-hybridized carbons (Fsp3) is 0.875. The van der Waals surface area contributed by atoms with E-state index in [1.54, 1.807) is 13.8 Å². The summed E-state index contributed by atoms with van der Waals surface area (Å²) >= 11 is 0. The van der Waals surface area contributed by atoms with Crippen LogP contribution in [-0.2, 0) is 9.53 Å². The van der Waals surface area contributed by atoms with E-state index < -0.39 is 11.5 Å². The van der Waals surface area contributed by atoms with Gasteiger partial charge in [-0.3, -0.25) is 0 Å². The molecule has 3 heteroatoms. The molecule has 0 saturated carbocycles. The van der Waals surface area contributed by atoms with Crippen LogP contribution in [0.5, 0.6) is 0 Å². The first kappa shape index (κ1) is 8.68. The van der Waals surface area contributed by atoms with E-state index in [0.29, 0.717) is 13.0 Å². The number of carbonyl (C=O) groups excluding carboxylic acids is 1. The van der Waals surface area contributed by atoms with Gasteiger partial charge in [0.1, 0.15) is 6.29 Å². The fourth-order valence-electron chi connectivity index (χ4n) is 1.37. The largest absolute Gasteiger partial charge is 0.389 e. The maximum Gasteiger partial charge on any atom is 0.128 e. The Morgan fingerprint density at radius 3 is 2.82 bits per heavy atom. The number of rotatable bonds is 1. The predicted octanol–water partition coefficient (Wildman–Crippen LogP) is 0.361. The molecule has 0 amide bonds. The summed E-state index contributed by atoms with van der Waals surface area (Å²) in [6, 6.07) is 0. The van der Waals surface area contributed by atoms with Gasteiger partial charge in [-0.05, 0) is 13.3 Å². The number of hydrogen-bond donors (Lipinski definition) is 1. The quantitative estimate of drug-likeness (QED) is 0.560. The fourth-order valence-corrected chi connectivity index (χ4v) is 1.37. The minimum absolute atomic E-state index is 0.223. The van der Waals surface area contributed by atoms with E-state index in [0.717, 1.165) is 6.29 Å². The third-order valence-corrected chi connectivity index (χ3v) is 2.41. The molecule has 1 N–H and O–H groups in total. The molecule has 0 unspecified atom stereocenters. The van der Waals surface area contributed by atoms with Gasteiger partial charge < -0.3 is 14.6 Å². The van der Waals surface area contributed by atoms with Crippen LogP contribution in [0.15, 0.2) is 0 Å². The molecule has 0 aromatic heterocycles. The number of carbonyl (C=O) groups is 1. The molecule has 1 rings (SSSR count). The lowest BCUT2D eigenvalue weighted by atomic mass is 9.79. The highest BCUT2D eigenvalue weighted by atomic mass is 16.5. The predicted molar refractivity (Wildman–Crippen MR) is 40.2 cm³/mol. The Bertz CT molecular complexity index is 157. The van der Waals surface area contributed by atoms with E-state index in [2.05, 4.69) is 0 Å². The molecule has 0 aromatic carbocycles. The molecule has 0 spiro atoms. The molecule has 11 heavy (non-hydrogen) atoms. The van der Waals surface area contributed by atoms with Crippen LogP contribution in [0.4, 0.5) is 0 Å². The van der Waals surface area contributed by atoms with E-state index >= 15 is 0 Å². The standard InChI is InChI=1S/C8H14O3/c1-6-7(10)8(2,5-9)3-4-11-6/h5-7,10H,3-4H2,1-2H3/t6-,7-,8-/m0/s1. The maximum atomic E-state index is 10.6. The molecule has 1 aliphatic rings. The Hall–Kier alpha value is -0.410. The van der Waals surface area contributed by atoms with Gasteiger partial charge in [0.15, 0.2) is 0 Å². The van der Waals surface area contributed by atoms with E-state index in [1.165, 1.54) is 0 Å². The molecule has 3 atom stereocenters. The van der Waals surface area contributed by atoms with E-state index in [9.17, 15) is 9.90 Å². The topological polar surface area (TPSA) is 46.5 Å². The van der Waals surface area contributed by atoms with Gasteiger partial charge in [0.25, 0.3) is 0 Å². The lowest BCUT2D eigenvalue weighted by molar-refractivity contribution is -0.150. The summed E-state index contributed by atoms with van der Waals surface area (Å²) in [5.74, 6) is 0. The highest BCUT2D eigenvalue weighted by Crippen LogP contribution is 2.30. The average molecular weight is 158 g/mol. The molecular formula is C8H14O3. The lowest BCUT2D eigenvalue weighted by Gasteiger charge is -2.37. The summed E-state index contributed by atoms with van der Waals surface area (Å²) in [7, 11) is 0. The Kier molecular flexibility index (Phi) is 2.30. The SMILES string of the molecule is C[C@@H]1OCC[C@@](C)(C=O)[C@H]1O. The van der Waals surface area contributed by atoms with Crippen molar-refractivity contribution in [2.24, 2.45) is 5.41 Å². The Morgan fingerprint density at radius 1 is 1.73 bits per heavy atom. The van der Waals surface area contributed by atoms with Crippen LogP contribution >= 0.6 is 0 Å². The van der Waals surface area contributed by atoms with E-state index in [1.807, 2.05) is 0 Å². The maximum absolute atomic E-state index is 10.6. The summed E-state index contributed by atoms with van der Waals surface area (Å²) in [6.07, 6.45) is 0.561. The van der Waals surface area contributed by atoms with E-state index in [4.69, 9.17) is 4.74 Å². The first-order chi connectivity index (χ1) is 5.10. The van der Waals surface area contributed by atoms with Gasteiger partial charge >= 0.3 is 0 Å². The molecular weight excluding hydrogens is 144 g/mol. The van der Waals surface area contributed by atoms with Crippen LogP contribution in [0.25, 0.3) is 0 Å². The normalized spacial score (nSPS) is 45.4. The number of ether oxygens (including phenoxy) is 1. The summed E-state index contributed by atoms with van der Waals surface area (Å²) in [5, 5.41) is 9.54. The van der Waals surface area contributed by atoms with Gasteiger partial charge in [-0.2, -0.15) is 0 Å². The second-order valence-corrected chi connectivity index (χ2v) is 3.39. The summed E-state index contributed by atoms with van der Waals surface area (Å²) in [5.41, 5.74) is -0.600. The third-order valence-electron chi connectivity index (χ3n) is 2.41. The van der Waals surface area contributed by atoms with Gasteiger partial charge in [0, 0.05) is 6.61 Å². The molecule has 3 nitrogen and oxygen atoms in total. The molecule has 0 bridgehead atoms. The van der Waals surface area contributed by atoms with Gasteiger partial charge in [-0.1, -0.05) is 6.92 Å². The highest BCUT2D eigenvalue weighted by molar-refractivity contribution is 5.60. The molecule has 0 aliphatic carbocycles. The molecule has 1 fully saturated rings. The molecule has 1 aliphatic heterocycles. The number of aliphatic hydroxyl groups is 1. The van der Waals surface area contributed by atoms with Crippen molar-refractivity contribution in [3.63, 3.8) is 0 Å². The second kappa shape index (κ2) is 2.91. The molecule has 1 saturated heterocycles. The van der Waals surface area contributed by atoms with Gasteiger partial charge in [0.05, 0.1) is 17.6 Å². The van der Waals surface area contributed by atoms with Crippen LogP contribution in [-0.4, -0.2) is 30.2 Å². The first-order valence-corrected chi connectivity index (χ1v) is 3.86. The van der Waals surface area contributed by atoms with Crippen molar-refractivity contribution in [1.82, 2.24) is 0 Å². The average Bonchev–Trinajstić information content (AvgIpc) is 2.00. The van der Waals surface area contributed by atoms with Crippen molar-refractivity contribution < 1.29 is 14.6 Å². The monoisotopic (exact) mass is 158 g/mol. The number of aldehydes is 1. The Labute approximate surface area is 66.4 Å². The highest BCUT2D eigenvalue weighted by Gasteiger charge is 2.39. The van der Waals surface area contributed by atoms with Crippen molar-refractivity contribution in [2.75, 3.05) is 6.61 Å². The van der Waals surface area contributed by atoms with E-state index in [-0.39, 0.29) is 6.10 Å². The number of hydrogen-bond acceptors (Lipinski definition) is 3. The van der Waals surface area contributed by atoms with Gasteiger partial charge in [-0.15, -0.1) is 0 Å². The third kappa shape index (κ3) is 1.44. The van der Waals surface area contributed by atoms with Crippen LogP contribution in [0.3, 0.4) is 0 Å². The van der Waals surface area contributed by atoms with Crippen molar-refractivity contribution in [2.45, 2.75) is 32.5 Å². The Balaban J connectivity index is 2.72. The Morgan fingerprint density at radius 2 is 2.36 bits per heavy atom. The van der Waals surface area contributed by atoms with Crippen molar-refractivity contribution in [1.29, 1.82) is 0 Å². The number of aliphatic hydroxyl groups excluding tert-OH is 1. The zero-order valence-corrected chi connectivity index (χ0v) is 6.91. The van der Waals surface area contributed by atoms with Gasteiger partial charge in [-0.25, -0.2) is 0 Å². The molecule has 1 heterocycles. The van der Waals surface area contributed by atoms with Crippen molar-refractivity contribution in [3.05, 3.63) is 0 Å². The summed E-state index contributed by atoms with van der Waals surface area (Å²) in [6.45, 7) is 4.11. The van der Waals surface area contributed by atoms with Crippen LogP contribution in [0.1, 0.15) is 20.3 Å². The minimum Gasteiger partial charge on any atom is -0.389 e.